The van der Waals surface area contributed by atoms with Crippen LogP contribution >= 0.6 is 11.3 Å². The third kappa shape index (κ3) is 4.15. The molecule has 1 aliphatic carbocycles. The monoisotopic (exact) mass is 511 g/mol. The smallest absolute Gasteiger partial charge is 0.226 e. The zero-order chi connectivity index (χ0) is 24.2. The molecule has 1 atom stereocenters. The fourth-order valence-electron chi connectivity index (χ4n) is 5.07. The molecular formula is C23H25N7O3S2. The topological polar surface area (TPSA) is 124 Å². The van der Waals surface area contributed by atoms with Gasteiger partial charge in [0.2, 0.25) is 15.9 Å². The van der Waals surface area contributed by atoms with Gasteiger partial charge in [-0.15, -0.1) is 11.3 Å². The molecule has 1 saturated heterocycles. The number of hydrogen-bond donors (Lipinski definition) is 2. The van der Waals surface area contributed by atoms with Crippen LogP contribution in [0, 0.1) is 5.92 Å². The third-order valence-electron chi connectivity index (χ3n) is 6.92. The van der Waals surface area contributed by atoms with Crippen LogP contribution in [0.5, 0.6) is 0 Å². The average molecular weight is 512 g/mol. The van der Waals surface area contributed by atoms with Crippen LogP contribution in [-0.2, 0) is 27.7 Å². The van der Waals surface area contributed by atoms with E-state index in [2.05, 4.69) is 25.5 Å². The molecular weight excluding hydrogens is 486 g/mol. The Labute approximate surface area is 206 Å². The number of nitrogens with zero attached hydrogens (tertiary/aromatic N) is 5. The first-order valence-electron chi connectivity index (χ1n) is 11.6. The summed E-state index contributed by atoms with van der Waals surface area (Å²) in [4.78, 5) is 26.2. The number of thiophene rings is 1. The molecule has 2 aliphatic rings. The summed E-state index contributed by atoms with van der Waals surface area (Å²) in [5.41, 5.74) is 3.13. The number of H-pyrrole nitrogens is 1. The Bertz CT molecular complexity index is 1540. The minimum absolute atomic E-state index is 0.0896. The molecule has 1 amide bonds. The van der Waals surface area contributed by atoms with E-state index >= 15 is 0 Å². The first-order valence-corrected chi connectivity index (χ1v) is 14.2. The second-order valence-electron chi connectivity index (χ2n) is 9.13. The lowest BCUT2D eigenvalue weighted by atomic mass is 9.86. The molecule has 1 fully saturated rings. The van der Waals surface area contributed by atoms with Gasteiger partial charge in [0.1, 0.15) is 17.0 Å². The van der Waals surface area contributed by atoms with Crippen LogP contribution in [0.1, 0.15) is 16.9 Å². The second kappa shape index (κ2) is 8.54. The molecule has 6 rings (SSSR count). The summed E-state index contributed by atoms with van der Waals surface area (Å²) in [6.45, 7) is 1.62. The highest BCUT2D eigenvalue weighted by Gasteiger charge is 2.34. The van der Waals surface area contributed by atoms with E-state index in [0.29, 0.717) is 32.6 Å². The highest BCUT2D eigenvalue weighted by molar-refractivity contribution is 7.88. The highest BCUT2D eigenvalue weighted by atomic mass is 32.2. The molecule has 1 aliphatic heterocycles. The molecule has 182 valence electrons. The number of piperazine rings is 1. The Morgan fingerprint density at radius 1 is 1.20 bits per heavy atom. The highest BCUT2D eigenvalue weighted by Crippen LogP contribution is 2.41. The Morgan fingerprint density at radius 3 is 2.83 bits per heavy atom. The van der Waals surface area contributed by atoms with Gasteiger partial charge in [-0.05, 0) is 43.0 Å². The van der Waals surface area contributed by atoms with Crippen LogP contribution in [0.4, 0.5) is 11.5 Å². The first-order chi connectivity index (χ1) is 16.9. The third-order valence-corrected chi connectivity index (χ3v) is 9.38. The maximum absolute atomic E-state index is 13.2. The van der Waals surface area contributed by atoms with Gasteiger partial charge in [0.05, 0.1) is 23.4 Å². The van der Waals surface area contributed by atoms with Crippen LogP contribution in [0.15, 0.2) is 30.7 Å². The van der Waals surface area contributed by atoms with Crippen molar-refractivity contribution in [3.05, 3.63) is 41.2 Å². The van der Waals surface area contributed by atoms with Crippen LogP contribution in [0.25, 0.3) is 21.1 Å². The zero-order valence-electron chi connectivity index (χ0n) is 19.2. The maximum atomic E-state index is 13.2. The van der Waals surface area contributed by atoms with E-state index < -0.39 is 10.0 Å². The number of aromatic nitrogens is 4. The van der Waals surface area contributed by atoms with Gasteiger partial charge in [-0.2, -0.15) is 9.40 Å². The maximum Gasteiger partial charge on any atom is 0.226 e. The molecule has 4 heterocycles. The van der Waals surface area contributed by atoms with E-state index in [1.807, 2.05) is 23.1 Å². The second-order valence-corrected chi connectivity index (χ2v) is 12.2. The largest absolute Gasteiger partial charge is 0.340 e. The fraction of sp³-hybridized carbons (Fsp3) is 0.391. The quantitative estimate of drug-likeness (QED) is 0.431. The number of aromatic amines is 1. The van der Waals surface area contributed by atoms with Crippen LogP contribution < -0.4 is 5.32 Å². The van der Waals surface area contributed by atoms with Crippen molar-refractivity contribution in [2.24, 2.45) is 5.92 Å². The number of carbonyl (C=O) groups excluding carboxylic acids is 1. The van der Waals surface area contributed by atoms with Crippen molar-refractivity contribution in [3.63, 3.8) is 0 Å². The number of amides is 1. The molecule has 10 nitrogen and oxygen atoms in total. The van der Waals surface area contributed by atoms with E-state index in [-0.39, 0.29) is 11.8 Å². The van der Waals surface area contributed by atoms with Crippen molar-refractivity contribution in [2.75, 3.05) is 37.8 Å². The predicted molar refractivity (Wildman–Crippen MR) is 135 cm³/mol. The van der Waals surface area contributed by atoms with Gasteiger partial charge in [0, 0.05) is 48.0 Å². The Morgan fingerprint density at radius 2 is 2.03 bits per heavy atom. The summed E-state index contributed by atoms with van der Waals surface area (Å²) in [5, 5.41) is 12.5. The minimum Gasteiger partial charge on any atom is -0.340 e. The van der Waals surface area contributed by atoms with Crippen molar-refractivity contribution in [1.82, 2.24) is 29.4 Å². The lowest BCUT2D eigenvalue weighted by molar-refractivity contribution is -0.137. The lowest BCUT2D eigenvalue weighted by Gasteiger charge is -2.36. The van der Waals surface area contributed by atoms with Gasteiger partial charge < -0.3 is 10.2 Å². The number of rotatable bonds is 4. The molecule has 0 radical (unpaired) electrons. The lowest BCUT2D eigenvalue weighted by Crippen LogP contribution is -2.52. The van der Waals surface area contributed by atoms with E-state index in [9.17, 15) is 13.2 Å². The van der Waals surface area contributed by atoms with Gasteiger partial charge in [0.25, 0.3) is 0 Å². The van der Waals surface area contributed by atoms with Gasteiger partial charge in [-0.3, -0.25) is 9.89 Å². The summed E-state index contributed by atoms with van der Waals surface area (Å²) >= 11 is 1.64. The van der Waals surface area contributed by atoms with Crippen molar-refractivity contribution < 1.29 is 13.2 Å². The number of nitrogens with one attached hydrogen (secondary N) is 2. The number of anilines is 2. The van der Waals surface area contributed by atoms with Gasteiger partial charge in [-0.25, -0.2) is 18.4 Å². The van der Waals surface area contributed by atoms with Crippen molar-refractivity contribution in [2.45, 2.75) is 19.3 Å². The molecule has 4 aromatic rings. The molecule has 0 unspecified atom stereocenters. The van der Waals surface area contributed by atoms with Crippen molar-refractivity contribution in [3.8, 4) is 0 Å². The molecule has 0 bridgehead atoms. The number of sulfonamides is 1. The fourth-order valence-corrected chi connectivity index (χ4v) is 7.16. The number of aryl methyl sites for hydroxylation is 1. The summed E-state index contributed by atoms with van der Waals surface area (Å²) in [6.07, 6.45) is 6.82. The number of hydrogen-bond acceptors (Lipinski definition) is 8. The predicted octanol–water partition coefficient (Wildman–Crippen LogP) is 2.52. The summed E-state index contributed by atoms with van der Waals surface area (Å²) < 4.78 is 25.0. The normalized spacial score (nSPS) is 19.2. The van der Waals surface area contributed by atoms with Crippen molar-refractivity contribution in [1.29, 1.82) is 0 Å². The molecule has 35 heavy (non-hydrogen) atoms. The average Bonchev–Trinajstić information content (AvgIpc) is 3.47. The molecule has 2 N–H and O–H groups in total. The molecule has 1 aromatic carbocycles. The van der Waals surface area contributed by atoms with Gasteiger partial charge in [-0.1, -0.05) is 0 Å². The number of fused-ring (bicyclic) bond motifs is 4. The minimum atomic E-state index is -3.22. The standard InChI is InChI=1S/C23H25N7O3S2/c1-35(32,33)30-8-6-29(7-9-30)23(31)14-2-4-17-19(11-14)34-22-20(17)21(24-13-25-22)27-16-3-5-18-15(10-16)12-26-28-18/h3,5,10,12-14H,2,4,6-9,11H2,1H3,(H,26,28)(H,24,25,27)/t14-/m0/s1. The van der Waals surface area contributed by atoms with Crippen LogP contribution in [0.2, 0.25) is 0 Å². The molecule has 3 aromatic heterocycles. The Hall–Kier alpha value is -3.09. The molecule has 0 spiro atoms. The summed E-state index contributed by atoms with van der Waals surface area (Å²) in [6, 6.07) is 6.01. The summed E-state index contributed by atoms with van der Waals surface area (Å²) in [5.74, 6) is 0.810. The van der Waals surface area contributed by atoms with E-state index in [1.165, 1.54) is 21.0 Å². The van der Waals surface area contributed by atoms with Gasteiger partial charge in [0.15, 0.2) is 0 Å². The van der Waals surface area contributed by atoms with Crippen LogP contribution in [0.3, 0.4) is 0 Å². The van der Waals surface area contributed by atoms with Crippen LogP contribution in [-0.4, -0.2) is 76.1 Å². The Balaban J connectivity index is 1.22. The number of benzene rings is 1. The van der Waals surface area contributed by atoms with Gasteiger partial charge >= 0.3 is 0 Å². The van der Waals surface area contributed by atoms with E-state index in [0.717, 1.165) is 45.5 Å². The molecule has 0 saturated carbocycles. The van der Waals surface area contributed by atoms with E-state index in [4.69, 9.17) is 0 Å². The first kappa shape index (κ1) is 22.4. The zero-order valence-corrected chi connectivity index (χ0v) is 20.8. The van der Waals surface area contributed by atoms with Crippen molar-refractivity contribution >= 4 is 59.9 Å². The van der Waals surface area contributed by atoms with E-state index in [1.54, 1.807) is 23.9 Å². The molecule has 12 heteroatoms. The number of carbonyl (C=O) groups is 1. The summed E-state index contributed by atoms with van der Waals surface area (Å²) in [7, 11) is -3.22. The Kier molecular flexibility index (Phi) is 5.46. The SMILES string of the molecule is CS(=O)(=O)N1CCN(C(=O)[C@H]2CCc3c(sc4ncnc(Nc5ccc6[nH]ncc6c5)c34)C2)CC1.